The number of para-hydroxylation sites is 2. The van der Waals surface area contributed by atoms with E-state index in [1.54, 1.807) is 68.8 Å². The van der Waals surface area contributed by atoms with Crippen LogP contribution in [-0.2, 0) is 6.54 Å². The molecule has 0 bridgehead atoms. The number of hydrogen-bond acceptors (Lipinski definition) is 7. The first-order valence-corrected chi connectivity index (χ1v) is 13.7. The molecule has 0 radical (unpaired) electrons. The van der Waals surface area contributed by atoms with Crippen LogP contribution in [0, 0.1) is 0 Å². The largest absolute Gasteiger partial charge is 0.493 e. The molecule has 0 aliphatic carbocycles. The molecule has 0 saturated carbocycles. The van der Waals surface area contributed by atoms with Gasteiger partial charge >= 0.3 is 6.03 Å². The maximum absolute atomic E-state index is 14.1. The number of carbonyl (C=O) groups is 1. The van der Waals surface area contributed by atoms with Crippen molar-refractivity contribution in [2.24, 2.45) is 0 Å². The second-order valence-electron chi connectivity index (χ2n) is 9.59. The van der Waals surface area contributed by atoms with Gasteiger partial charge in [0, 0.05) is 23.5 Å². The lowest BCUT2D eigenvalue weighted by molar-refractivity contribution is 0.256. The summed E-state index contributed by atoms with van der Waals surface area (Å²) >= 11 is 0. The summed E-state index contributed by atoms with van der Waals surface area (Å²) in [5.41, 5.74) is 3.04. The van der Waals surface area contributed by atoms with Crippen molar-refractivity contribution in [1.29, 1.82) is 0 Å². The Labute approximate surface area is 255 Å². The molecule has 10 heteroatoms. The number of benzene rings is 4. The Hall–Kier alpha value is -5.77. The number of hydrogen-bond donors (Lipinski definition) is 1. The minimum atomic E-state index is -0.433. The predicted molar refractivity (Wildman–Crippen MR) is 170 cm³/mol. The van der Waals surface area contributed by atoms with E-state index in [0.717, 1.165) is 5.56 Å². The second kappa shape index (κ2) is 13.5. The molecule has 10 nitrogen and oxygen atoms in total. The van der Waals surface area contributed by atoms with Gasteiger partial charge in [-0.2, -0.15) is 9.78 Å². The molecule has 0 fully saturated rings. The highest BCUT2D eigenvalue weighted by Crippen LogP contribution is 2.34. The van der Waals surface area contributed by atoms with Gasteiger partial charge in [-0.25, -0.2) is 4.79 Å². The Balaban J connectivity index is 1.61. The van der Waals surface area contributed by atoms with Crippen molar-refractivity contribution in [1.82, 2.24) is 9.78 Å². The Morgan fingerprint density at radius 2 is 1.36 bits per heavy atom. The maximum Gasteiger partial charge on any atom is 0.326 e. The molecule has 5 aromatic rings. The van der Waals surface area contributed by atoms with E-state index < -0.39 is 6.03 Å². The predicted octanol–water partition coefficient (Wildman–Crippen LogP) is 6.17. The summed E-state index contributed by atoms with van der Waals surface area (Å²) < 4.78 is 23.0. The number of amides is 2. The zero-order chi connectivity index (χ0) is 31.1. The average molecular weight is 593 g/mol. The number of methoxy groups -OCH3 is 4. The monoisotopic (exact) mass is 592 g/mol. The van der Waals surface area contributed by atoms with Crippen LogP contribution in [0.25, 0.3) is 16.8 Å². The van der Waals surface area contributed by atoms with Crippen molar-refractivity contribution >= 4 is 17.4 Å². The first-order valence-electron chi connectivity index (χ1n) is 13.7. The van der Waals surface area contributed by atoms with Gasteiger partial charge in [0.2, 0.25) is 0 Å². The number of carbonyl (C=O) groups excluding carboxylic acids is 1. The smallest absolute Gasteiger partial charge is 0.326 e. The van der Waals surface area contributed by atoms with Gasteiger partial charge in [-0.15, -0.1) is 0 Å². The number of anilines is 2. The number of urea groups is 1. The third-order valence-corrected chi connectivity index (χ3v) is 7.00. The van der Waals surface area contributed by atoms with E-state index in [0.29, 0.717) is 51.2 Å². The van der Waals surface area contributed by atoms with Crippen molar-refractivity contribution < 1.29 is 23.7 Å². The zero-order valence-electron chi connectivity index (χ0n) is 24.8. The Bertz CT molecular complexity index is 1820. The van der Waals surface area contributed by atoms with Crippen molar-refractivity contribution in [3.63, 3.8) is 0 Å². The number of nitrogens with one attached hydrogen (secondary N) is 1. The van der Waals surface area contributed by atoms with E-state index in [-0.39, 0.29) is 12.1 Å². The Kier molecular flexibility index (Phi) is 9.10. The van der Waals surface area contributed by atoms with Crippen LogP contribution in [0.5, 0.6) is 23.0 Å². The first kappa shape index (κ1) is 29.7. The highest BCUT2D eigenvalue weighted by molar-refractivity contribution is 6.04. The highest BCUT2D eigenvalue weighted by atomic mass is 16.5. The van der Waals surface area contributed by atoms with Crippen molar-refractivity contribution in [2.75, 3.05) is 38.7 Å². The van der Waals surface area contributed by atoms with E-state index in [1.165, 1.54) is 11.8 Å². The molecule has 224 valence electrons. The molecule has 0 atom stereocenters. The summed E-state index contributed by atoms with van der Waals surface area (Å²) in [7, 11) is 6.19. The Morgan fingerprint density at radius 1 is 0.727 bits per heavy atom. The van der Waals surface area contributed by atoms with Crippen LogP contribution in [0.3, 0.4) is 0 Å². The molecule has 1 aromatic heterocycles. The maximum atomic E-state index is 14.1. The molecule has 1 heterocycles. The van der Waals surface area contributed by atoms with Crippen LogP contribution in [0.1, 0.15) is 5.56 Å². The number of nitrogens with zero attached hydrogens (tertiary/aromatic N) is 3. The molecule has 0 aliphatic heterocycles. The van der Waals surface area contributed by atoms with E-state index >= 15 is 0 Å². The van der Waals surface area contributed by atoms with Crippen molar-refractivity contribution in [3.8, 4) is 39.8 Å². The number of ether oxygens (including phenoxy) is 4. The summed E-state index contributed by atoms with van der Waals surface area (Å²) in [5.74, 6) is 2.09. The van der Waals surface area contributed by atoms with Gasteiger partial charge in [0.15, 0.2) is 23.0 Å². The zero-order valence-corrected chi connectivity index (χ0v) is 24.8. The van der Waals surface area contributed by atoms with Gasteiger partial charge in [-0.3, -0.25) is 9.69 Å². The fourth-order valence-corrected chi connectivity index (χ4v) is 4.84. The Morgan fingerprint density at radius 3 is 2.07 bits per heavy atom. The first-order chi connectivity index (χ1) is 21.5. The minimum absolute atomic E-state index is 0.147. The molecule has 1 N–H and O–H groups in total. The quantitative estimate of drug-likeness (QED) is 0.207. The summed E-state index contributed by atoms with van der Waals surface area (Å²) in [6, 6.07) is 28.2. The fourth-order valence-electron chi connectivity index (χ4n) is 4.84. The lowest BCUT2D eigenvalue weighted by atomic mass is 10.0. The van der Waals surface area contributed by atoms with E-state index in [2.05, 4.69) is 10.4 Å². The highest BCUT2D eigenvalue weighted by Gasteiger charge is 2.23. The van der Waals surface area contributed by atoms with Crippen molar-refractivity contribution in [3.05, 3.63) is 119 Å². The third kappa shape index (κ3) is 6.19. The molecule has 2 amide bonds. The van der Waals surface area contributed by atoms with Gasteiger partial charge in [0.1, 0.15) is 0 Å². The normalized spacial score (nSPS) is 10.5. The van der Waals surface area contributed by atoms with Gasteiger partial charge in [0.05, 0.1) is 51.9 Å². The van der Waals surface area contributed by atoms with Gasteiger partial charge in [-0.05, 0) is 54.1 Å². The van der Waals surface area contributed by atoms with E-state index in [9.17, 15) is 9.59 Å². The minimum Gasteiger partial charge on any atom is -0.493 e. The number of rotatable bonds is 10. The average Bonchev–Trinajstić information content (AvgIpc) is 3.07. The molecule has 4 aromatic carbocycles. The van der Waals surface area contributed by atoms with Gasteiger partial charge in [0.25, 0.3) is 5.56 Å². The summed E-state index contributed by atoms with van der Waals surface area (Å²) in [6.07, 6.45) is 1.57. The molecular formula is C34H32N4O6. The summed E-state index contributed by atoms with van der Waals surface area (Å²) in [5, 5.41) is 7.27. The molecule has 5 rings (SSSR count). The molecule has 0 aliphatic rings. The van der Waals surface area contributed by atoms with E-state index in [1.807, 2.05) is 60.7 Å². The van der Waals surface area contributed by atoms with Crippen LogP contribution in [-0.4, -0.2) is 44.3 Å². The van der Waals surface area contributed by atoms with Gasteiger partial charge < -0.3 is 24.3 Å². The lowest BCUT2D eigenvalue weighted by Crippen LogP contribution is -2.35. The van der Waals surface area contributed by atoms with Gasteiger partial charge in [-0.1, -0.05) is 42.5 Å². The van der Waals surface area contributed by atoms with Crippen LogP contribution in [0.4, 0.5) is 16.2 Å². The molecule has 0 unspecified atom stereocenters. The standard InChI is InChI=1S/C34H32N4O6/c1-41-29-16-14-23(20-31(29)43-3)22-37(34(40)36-24-15-17-30(42-2)32(21-24)44-4)28-13-9-8-12-26(28)27-18-19-35-38(33(27)39)25-10-6-5-7-11-25/h5-21H,22H2,1-4H3,(H,36,40). The van der Waals surface area contributed by atoms with E-state index in [4.69, 9.17) is 18.9 Å². The van der Waals surface area contributed by atoms with Crippen LogP contribution < -0.4 is 34.7 Å². The number of aromatic nitrogens is 2. The van der Waals surface area contributed by atoms with Crippen LogP contribution in [0.2, 0.25) is 0 Å². The van der Waals surface area contributed by atoms with Crippen LogP contribution >= 0.6 is 0 Å². The second-order valence-corrected chi connectivity index (χ2v) is 9.59. The SMILES string of the molecule is COc1ccc(CN(C(=O)Nc2ccc(OC)c(OC)c2)c2ccccc2-c2ccnn(-c3ccccc3)c2=O)cc1OC. The summed E-state index contributed by atoms with van der Waals surface area (Å²) in [4.78, 5) is 29.4. The summed E-state index contributed by atoms with van der Waals surface area (Å²) in [6.45, 7) is 0.147. The lowest BCUT2D eigenvalue weighted by Gasteiger charge is -2.26. The van der Waals surface area contributed by atoms with Crippen molar-refractivity contribution in [2.45, 2.75) is 6.54 Å². The molecule has 0 spiro atoms. The fraction of sp³-hybridized carbons (Fsp3) is 0.147. The van der Waals surface area contributed by atoms with Crippen LogP contribution in [0.15, 0.2) is 108 Å². The molecule has 0 saturated heterocycles. The molecular weight excluding hydrogens is 560 g/mol. The topological polar surface area (TPSA) is 104 Å². The third-order valence-electron chi connectivity index (χ3n) is 7.00. The molecule has 44 heavy (non-hydrogen) atoms.